The Morgan fingerprint density at radius 3 is 2.28 bits per heavy atom. The molecule has 5 atom stereocenters. The molecule has 4 amide bonds. The van der Waals surface area contributed by atoms with Gasteiger partial charge in [-0.05, 0) is 33.1 Å². The predicted molar refractivity (Wildman–Crippen MR) is 100.0 cm³/mol. The molecular formula is C17H29N5O7. The third-order valence-corrected chi connectivity index (χ3v) is 4.59. The summed E-state index contributed by atoms with van der Waals surface area (Å²) in [5.41, 5.74) is 10.5. The van der Waals surface area contributed by atoms with E-state index in [2.05, 4.69) is 10.6 Å². The maximum atomic E-state index is 12.8. The molecule has 8 N–H and O–H groups in total. The summed E-state index contributed by atoms with van der Waals surface area (Å²) in [6.45, 7) is 2.94. The molecule has 1 saturated heterocycles. The summed E-state index contributed by atoms with van der Waals surface area (Å²) < 4.78 is 0. The number of carboxylic acids is 1. The van der Waals surface area contributed by atoms with Gasteiger partial charge in [-0.15, -0.1) is 0 Å². The minimum Gasteiger partial charge on any atom is -0.480 e. The van der Waals surface area contributed by atoms with Gasteiger partial charge >= 0.3 is 5.97 Å². The van der Waals surface area contributed by atoms with Crippen molar-refractivity contribution in [3.63, 3.8) is 0 Å². The van der Waals surface area contributed by atoms with Crippen molar-refractivity contribution >= 4 is 29.6 Å². The number of nitrogens with two attached hydrogens (primary N) is 2. The lowest BCUT2D eigenvalue weighted by Crippen LogP contribution is -2.59. The summed E-state index contributed by atoms with van der Waals surface area (Å²) in [4.78, 5) is 60.7. The van der Waals surface area contributed by atoms with Gasteiger partial charge in [-0.25, -0.2) is 4.79 Å². The number of amides is 4. The molecule has 0 aromatic carbocycles. The minimum absolute atomic E-state index is 0.183. The van der Waals surface area contributed by atoms with Gasteiger partial charge in [-0.3, -0.25) is 19.2 Å². The first-order chi connectivity index (χ1) is 13.5. The molecule has 1 fully saturated rings. The van der Waals surface area contributed by atoms with Gasteiger partial charge in [0.1, 0.15) is 18.1 Å². The lowest BCUT2D eigenvalue weighted by molar-refractivity contribution is -0.146. The Hall–Kier alpha value is -2.73. The molecule has 5 unspecified atom stereocenters. The van der Waals surface area contributed by atoms with E-state index in [0.717, 1.165) is 0 Å². The van der Waals surface area contributed by atoms with Crippen molar-refractivity contribution in [3.8, 4) is 0 Å². The van der Waals surface area contributed by atoms with E-state index in [1.165, 1.54) is 18.7 Å². The van der Waals surface area contributed by atoms with E-state index < -0.39 is 59.9 Å². The van der Waals surface area contributed by atoms with Crippen LogP contribution in [0, 0.1) is 0 Å². The molecule has 12 nitrogen and oxygen atoms in total. The highest BCUT2D eigenvalue weighted by atomic mass is 16.4. The SMILES string of the molecule is CC(N)C(=O)NC(C(=O)N1CCCC1C(=O)NC(CCC(N)=O)C(=O)O)C(C)O. The van der Waals surface area contributed by atoms with Crippen LogP contribution in [0.25, 0.3) is 0 Å². The summed E-state index contributed by atoms with van der Waals surface area (Å²) >= 11 is 0. The number of nitrogens with zero attached hydrogens (tertiary/aromatic N) is 1. The fourth-order valence-corrected chi connectivity index (χ4v) is 2.97. The van der Waals surface area contributed by atoms with Gasteiger partial charge in [0.05, 0.1) is 12.1 Å². The Bertz CT molecular complexity index is 652. The third-order valence-electron chi connectivity index (χ3n) is 4.59. The van der Waals surface area contributed by atoms with E-state index in [0.29, 0.717) is 6.42 Å². The van der Waals surface area contributed by atoms with Crippen molar-refractivity contribution in [3.05, 3.63) is 0 Å². The van der Waals surface area contributed by atoms with Crippen LogP contribution in [0.1, 0.15) is 39.5 Å². The summed E-state index contributed by atoms with van der Waals surface area (Å²) in [7, 11) is 0. The number of nitrogens with one attached hydrogen (secondary N) is 2. The van der Waals surface area contributed by atoms with Gasteiger partial charge in [-0.1, -0.05) is 0 Å². The highest BCUT2D eigenvalue weighted by Crippen LogP contribution is 2.20. The molecule has 0 radical (unpaired) electrons. The van der Waals surface area contributed by atoms with Crippen molar-refractivity contribution in [1.29, 1.82) is 0 Å². The van der Waals surface area contributed by atoms with Crippen LogP contribution in [-0.2, 0) is 24.0 Å². The first-order valence-corrected chi connectivity index (χ1v) is 9.31. The molecule has 0 spiro atoms. The Labute approximate surface area is 168 Å². The molecule has 0 aromatic heterocycles. The fraction of sp³-hybridized carbons (Fsp3) is 0.706. The van der Waals surface area contributed by atoms with Crippen molar-refractivity contribution in [2.75, 3.05) is 6.54 Å². The number of hydrogen-bond acceptors (Lipinski definition) is 7. The van der Waals surface area contributed by atoms with Crippen molar-refractivity contribution in [2.24, 2.45) is 11.5 Å². The molecule has 1 heterocycles. The monoisotopic (exact) mass is 415 g/mol. The average Bonchev–Trinajstić information content (AvgIpc) is 3.11. The van der Waals surface area contributed by atoms with E-state index in [1.54, 1.807) is 0 Å². The number of carbonyl (C=O) groups excluding carboxylic acids is 4. The molecule has 164 valence electrons. The number of hydrogen-bond donors (Lipinski definition) is 6. The number of aliphatic hydroxyl groups excluding tert-OH is 1. The number of carbonyl (C=O) groups is 5. The van der Waals surface area contributed by atoms with Crippen LogP contribution in [-0.4, -0.2) is 81.5 Å². The molecule has 0 saturated carbocycles. The van der Waals surface area contributed by atoms with E-state index in [-0.39, 0.29) is 25.8 Å². The van der Waals surface area contributed by atoms with Crippen LogP contribution >= 0.6 is 0 Å². The summed E-state index contributed by atoms with van der Waals surface area (Å²) in [5, 5.41) is 23.8. The van der Waals surface area contributed by atoms with Crippen molar-refractivity contribution < 1.29 is 34.2 Å². The normalized spacial score (nSPS) is 20.3. The van der Waals surface area contributed by atoms with Gasteiger partial charge < -0.3 is 37.2 Å². The molecule has 29 heavy (non-hydrogen) atoms. The van der Waals surface area contributed by atoms with Gasteiger partial charge in [0.15, 0.2) is 0 Å². The maximum Gasteiger partial charge on any atom is 0.326 e. The van der Waals surface area contributed by atoms with Gasteiger partial charge in [-0.2, -0.15) is 0 Å². The molecule has 12 heteroatoms. The Morgan fingerprint density at radius 1 is 1.17 bits per heavy atom. The summed E-state index contributed by atoms with van der Waals surface area (Å²) in [5.74, 6) is -4.04. The summed E-state index contributed by atoms with van der Waals surface area (Å²) in [6.07, 6.45) is -0.878. The van der Waals surface area contributed by atoms with Crippen molar-refractivity contribution in [1.82, 2.24) is 15.5 Å². The molecule has 0 bridgehead atoms. The highest BCUT2D eigenvalue weighted by molar-refractivity contribution is 5.94. The van der Waals surface area contributed by atoms with Crippen LogP contribution < -0.4 is 22.1 Å². The zero-order valence-electron chi connectivity index (χ0n) is 16.5. The Morgan fingerprint density at radius 2 is 1.79 bits per heavy atom. The zero-order valence-corrected chi connectivity index (χ0v) is 16.5. The average molecular weight is 415 g/mol. The number of likely N-dealkylation sites (tertiary alicyclic amines) is 1. The van der Waals surface area contributed by atoms with E-state index in [9.17, 15) is 34.2 Å². The predicted octanol–water partition coefficient (Wildman–Crippen LogP) is -2.97. The first kappa shape index (κ1) is 24.3. The molecule has 0 aliphatic carbocycles. The second kappa shape index (κ2) is 10.7. The molecule has 1 aliphatic rings. The van der Waals surface area contributed by atoms with E-state index >= 15 is 0 Å². The van der Waals surface area contributed by atoms with Gasteiger partial charge in [0.25, 0.3) is 0 Å². The largest absolute Gasteiger partial charge is 0.480 e. The van der Waals surface area contributed by atoms with Crippen LogP contribution in [0.15, 0.2) is 0 Å². The molecular weight excluding hydrogens is 386 g/mol. The molecule has 1 rings (SSSR count). The summed E-state index contributed by atoms with van der Waals surface area (Å²) in [6, 6.07) is -4.50. The number of carboxylic acid groups (broad SMARTS) is 1. The second-order valence-corrected chi connectivity index (χ2v) is 7.11. The van der Waals surface area contributed by atoms with Gasteiger partial charge in [0.2, 0.25) is 23.6 Å². The van der Waals surface area contributed by atoms with Crippen LogP contribution in [0.3, 0.4) is 0 Å². The number of aliphatic hydroxyl groups is 1. The lowest BCUT2D eigenvalue weighted by atomic mass is 10.1. The van der Waals surface area contributed by atoms with Gasteiger partial charge in [0, 0.05) is 13.0 Å². The molecule has 0 aromatic rings. The second-order valence-electron chi connectivity index (χ2n) is 7.11. The quantitative estimate of drug-likeness (QED) is 0.217. The van der Waals surface area contributed by atoms with E-state index in [1.807, 2.05) is 0 Å². The van der Waals surface area contributed by atoms with E-state index in [4.69, 9.17) is 11.5 Å². The molecule has 1 aliphatic heterocycles. The third kappa shape index (κ3) is 6.98. The zero-order chi connectivity index (χ0) is 22.3. The fourth-order valence-electron chi connectivity index (χ4n) is 2.97. The topological polar surface area (TPSA) is 205 Å². The number of rotatable bonds is 10. The Kier molecular flexibility index (Phi) is 8.98. The maximum absolute atomic E-state index is 12.8. The minimum atomic E-state index is -1.34. The van der Waals surface area contributed by atoms with Crippen LogP contribution in [0.5, 0.6) is 0 Å². The van der Waals surface area contributed by atoms with Crippen LogP contribution in [0.4, 0.5) is 0 Å². The number of primary amides is 1. The Balaban J connectivity index is 2.89. The standard InChI is InChI=1S/C17H29N5O7/c1-8(18)14(25)21-13(9(2)23)16(27)22-7-3-4-11(22)15(26)20-10(17(28)29)5-6-12(19)24/h8-11,13,23H,3-7,18H2,1-2H3,(H2,19,24)(H,20,26)(H,21,25)(H,28,29). The smallest absolute Gasteiger partial charge is 0.326 e. The first-order valence-electron chi connectivity index (χ1n) is 9.31. The van der Waals surface area contributed by atoms with Crippen LogP contribution in [0.2, 0.25) is 0 Å². The number of aliphatic carboxylic acids is 1. The highest BCUT2D eigenvalue weighted by Gasteiger charge is 2.40. The van der Waals surface area contributed by atoms with Crippen molar-refractivity contribution in [2.45, 2.75) is 69.8 Å². The lowest BCUT2D eigenvalue weighted by Gasteiger charge is -2.30.